The van der Waals surface area contributed by atoms with E-state index in [1.807, 2.05) is 0 Å². The van der Waals surface area contributed by atoms with Gasteiger partial charge in [-0.1, -0.05) is 18.5 Å². The van der Waals surface area contributed by atoms with Crippen molar-refractivity contribution in [2.45, 2.75) is 13.3 Å². The molecule has 1 N–H and O–H groups in total. The minimum absolute atomic E-state index is 0.206. The van der Waals surface area contributed by atoms with Gasteiger partial charge in [0.2, 0.25) is 5.91 Å². The van der Waals surface area contributed by atoms with Crippen LogP contribution in [0, 0.1) is 0 Å². The van der Waals surface area contributed by atoms with Crippen molar-refractivity contribution in [1.82, 2.24) is 4.98 Å². The summed E-state index contributed by atoms with van der Waals surface area (Å²) in [5, 5.41) is 2.72. The van der Waals surface area contributed by atoms with Gasteiger partial charge >= 0.3 is 0 Å². The Balaban J connectivity index is 2.98. The lowest BCUT2D eigenvalue weighted by Gasteiger charge is -2.04. The molecule has 0 aromatic carbocycles. The molecule has 0 aliphatic heterocycles. The van der Waals surface area contributed by atoms with Gasteiger partial charge < -0.3 is 5.32 Å². The summed E-state index contributed by atoms with van der Waals surface area (Å²) in [4.78, 5) is 25.5. The molecule has 0 saturated carbocycles. The zero-order valence-electron chi connectivity index (χ0n) is 7.58. The Morgan fingerprint density at radius 3 is 2.93 bits per heavy atom. The van der Waals surface area contributed by atoms with Crippen LogP contribution in [-0.2, 0) is 4.79 Å². The number of anilines is 1. The fraction of sp³-hybridized carbons (Fsp3) is 0.222. The number of pyridine rings is 1. The summed E-state index contributed by atoms with van der Waals surface area (Å²) in [6.45, 7) is 1.71. The molecule has 0 spiro atoms. The van der Waals surface area contributed by atoms with Gasteiger partial charge in [-0.3, -0.25) is 9.59 Å². The van der Waals surface area contributed by atoms with E-state index in [1.165, 1.54) is 12.1 Å². The average Bonchev–Trinajstić information content (AvgIpc) is 2.18. The molecular formula is C9H9ClN2O2. The third-order valence-corrected chi connectivity index (χ3v) is 1.81. The maximum atomic E-state index is 11.1. The van der Waals surface area contributed by atoms with Crippen LogP contribution < -0.4 is 5.32 Å². The molecule has 0 bridgehead atoms. The zero-order valence-corrected chi connectivity index (χ0v) is 8.34. The van der Waals surface area contributed by atoms with Crippen LogP contribution in [0.25, 0.3) is 0 Å². The SMILES string of the molecule is CCC(=O)Nc1nc(Cl)ccc1C=O. The molecule has 1 aromatic rings. The topological polar surface area (TPSA) is 59.1 Å². The molecule has 5 heteroatoms. The second-order valence-electron chi connectivity index (χ2n) is 2.59. The number of hydrogen-bond acceptors (Lipinski definition) is 3. The average molecular weight is 213 g/mol. The van der Waals surface area contributed by atoms with Gasteiger partial charge in [-0.05, 0) is 12.1 Å². The van der Waals surface area contributed by atoms with Crippen molar-refractivity contribution in [3.8, 4) is 0 Å². The van der Waals surface area contributed by atoms with Gasteiger partial charge in [0.25, 0.3) is 0 Å². The van der Waals surface area contributed by atoms with Gasteiger partial charge in [-0.15, -0.1) is 0 Å². The van der Waals surface area contributed by atoms with E-state index in [4.69, 9.17) is 11.6 Å². The van der Waals surface area contributed by atoms with Crippen LogP contribution in [0.4, 0.5) is 5.82 Å². The number of aromatic nitrogens is 1. The number of amides is 1. The lowest BCUT2D eigenvalue weighted by molar-refractivity contribution is -0.115. The largest absolute Gasteiger partial charge is 0.310 e. The molecule has 1 amide bonds. The molecule has 14 heavy (non-hydrogen) atoms. The highest BCUT2D eigenvalue weighted by atomic mass is 35.5. The zero-order chi connectivity index (χ0) is 10.6. The monoisotopic (exact) mass is 212 g/mol. The van der Waals surface area contributed by atoms with Crippen LogP contribution >= 0.6 is 11.6 Å². The van der Waals surface area contributed by atoms with Crippen LogP contribution in [0.2, 0.25) is 5.15 Å². The molecule has 1 heterocycles. The molecule has 1 rings (SSSR count). The first kappa shape index (κ1) is 10.7. The minimum Gasteiger partial charge on any atom is -0.310 e. The number of hydrogen-bond donors (Lipinski definition) is 1. The highest BCUT2D eigenvalue weighted by Gasteiger charge is 2.06. The summed E-state index contributed by atoms with van der Waals surface area (Å²) in [7, 11) is 0. The van der Waals surface area contributed by atoms with Crippen LogP contribution in [0.1, 0.15) is 23.7 Å². The third-order valence-electron chi connectivity index (χ3n) is 1.60. The summed E-state index contributed by atoms with van der Waals surface area (Å²) >= 11 is 5.62. The summed E-state index contributed by atoms with van der Waals surface area (Å²) in [6, 6.07) is 3.00. The first-order valence-corrected chi connectivity index (χ1v) is 4.46. The van der Waals surface area contributed by atoms with Crippen molar-refractivity contribution in [3.63, 3.8) is 0 Å². The van der Waals surface area contributed by atoms with E-state index in [0.717, 1.165) is 0 Å². The van der Waals surface area contributed by atoms with Gasteiger partial charge in [0.15, 0.2) is 6.29 Å². The second-order valence-corrected chi connectivity index (χ2v) is 2.98. The van der Waals surface area contributed by atoms with Gasteiger partial charge in [0.1, 0.15) is 11.0 Å². The summed E-state index contributed by atoms with van der Waals surface area (Å²) in [6.07, 6.45) is 0.946. The first-order valence-electron chi connectivity index (χ1n) is 4.09. The number of aldehydes is 1. The van der Waals surface area contributed by atoms with E-state index in [-0.39, 0.29) is 16.9 Å². The lowest BCUT2D eigenvalue weighted by Crippen LogP contribution is -2.12. The van der Waals surface area contributed by atoms with Gasteiger partial charge in [-0.25, -0.2) is 4.98 Å². The number of carbonyl (C=O) groups excluding carboxylic acids is 2. The van der Waals surface area contributed by atoms with E-state index < -0.39 is 0 Å². The van der Waals surface area contributed by atoms with Crippen molar-refractivity contribution in [1.29, 1.82) is 0 Å². The van der Waals surface area contributed by atoms with Crippen molar-refractivity contribution in [2.24, 2.45) is 0 Å². The fourth-order valence-electron chi connectivity index (χ4n) is 0.862. The predicted octanol–water partition coefficient (Wildman–Crippen LogP) is 1.90. The van der Waals surface area contributed by atoms with Gasteiger partial charge in [0, 0.05) is 6.42 Å². The molecule has 74 valence electrons. The number of carbonyl (C=O) groups is 2. The molecule has 0 aliphatic carbocycles. The van der Waals surface area contributed by atoms with E-state index in [9.17, 15) is 9.59 Å². The summed E-state index contributed by atoms with van der Waals surface area (Å²) < 4.78 is 0. The fourth-order valence-corrected chi connectivity index (χ4v) is 1.01. The molecule has 0 aliphatic rings. The molecule has 0 saturated heterocycles. The molecular weight excluding hydrogens is 204 g/mol. The maximum absolute atomic E-state index is 11.1. The molecule has 0 unspecified atom stereocenters. The van der Waals surface area contributed by atoms with Crippen molar-refractivity contribution < 1.29 is 9.59 Å². The van der Waals surface area contributed by atoms with E-state index >= 15 is 0 Å². The Labute approximate surface area is 86.3 Å². The predicted molar refractivity (Wildman–Crippen MR) is 53.6 cm³/mol. The lowest BCUT2D eigenvalue weighted by atomic mass is 10.3. The van der Waals surface area contributed by atoms with E-state index in [1.54, 1.807) is 6.92 Å². The van der Waals surface area contributed by atoms with Crippen molar-refractivity contribution in [3.05, 3.63) is 22.8 Å². The highest BCUT2D eigenvalue weighted by Crippen LogP contribution is 2.14. The Kier molecular flexibility index (Phi) is 3.59. The number of nitrogens with one attached hydrogen (secondary N) is 1. The van der Waals surface area contributed by atoms with Gasteiger partial charge in [-0.2, -0.15) is 0 Å². The second kappa shape index (κ2) is 4.72. The van der Waals surface area contributed by atoms with Crippen molar-refractivity contribution >= 4 is 29.6 Å². The van der Waals surface area contributed by atoms with Gasteiger partial charge in [0.05, 0.1) is 5.56 Å². The molecule has 0 fully saturated rings. The van der Waals surface area contributed by atoms with Crippen molar-refractivity contribution in [2.75, 3.05) is 5.32 Å². The summed E-state index contributed by atoms with van der Waals surface area (Å²) in [5.74, 6) is 0.00205. The minimum atomic E-state index is -0.206. The number of halogens is 1. The Morgan fingerprint density at radius 2 is 2.36 bits per heavy atom. The van der Waals surface area contributed by atoms with Crippen LogP contribution in [0.5, 0.6) is 0 Å². The molecule has 0 atom stereocenters. The van der Waals surface area contributed by atoms with E-state index in [2.05, 4.69) is 10.3 Å². The Hall–Kier alpha value is -1.42. The quantitative estimate of drug-likeness (QED) is 0.615. The highest BCUT2D eigenvalue weighted by molar-refractivity contribution is 6.29. The van der Waals surface area contributed by atoms with Crippen LogP contribution in [-0.4, -0.2) is 17.2 Å². The standard InChI is InChI=1S/C9H9ClN2O2/c1-2-8(14)12-9-6(5-13)3-4-7(10)11-9/h3-5H,2H2,1H3,(H,11,12,14). The molecule has 1 aromatic heterocycles. The third kappa shape index (κ3) is 2.53. The number of rotatable bonds is 3. The van der Waals surface area contributed by atoms with Crippen LogP contribution in [0.15, 0.2) is 12.1 Å². The number of nitrogens with zero attached hydrogens (tertiary/aromatic N) is 1. The Morgan fingerprint density at radius 1 is 1.64 bits per heavy atom. The molecule has 0 radical (unpaired) electrons. The first-order chi connectivity index (χ1) is 6.67. The van der Waals surface area contributed by atoms with E-state index in [0.29, 0.717) is 18.3 Å². The smallest absolute Gasteiger partial charge is 0.225 e. The maximum Gasteiger partial charge on any atom is 0.225 e. The Bertz CT molecular complexity index is 366. The summed E-state index contributed by atoms with van der Waals surface area (Å²) in [5.41, 5.74) is 0.316. The normalized spacial score (nSPS) is 9.57. The van der Waals surface area contributed by atoms with Crippen LogP contribution in [0.3, 0.4) is 0 Å². The molecule has 4 nitrogen and oxygen atoms in total.